The fourth-order valence-corrected chi connectivity index (χ4v) is 3.71. The Labute approximate surface area is 146 Å². The van der Waals surface area contributed by atoms with E-state index in [1.54, 1.807) is 0 Å². The maximum absolute atomic E-state index is 13.0. The van der Waals surface area contributed by atoms with E-state index < -0.39 is 0 Å². The Balaban J connectivity index is 0.00000192. The van der Waals surface area contributed by atoms with Crippen molar-refractivity contribution in [1.29, 1.82) is 0 Å². The lowest BCUT2D eigenvalue weighted by molar-refractivity contribution is -0.139. The van der Waals surface area contributed by atoms with E-state index in [2.05, 4.69) is 47.5 Å². The van der Waals surface area contributed by atoms with Gasteiger partial charge in [0.25, 0.3) is 0 Å². The zero-order valence-electron chi connectivity index (χ0n) is 14.0. The maximum atomic E-state index is 13.0. The van der Waals surface area contributed by atoms with Gasteiger partial charge in [-0.1, -0.05) is 50.1 Å². The van der Waals surface area contributed by atoms with Gasteiger partial charge in [-0.2, -0.15) is 0 Å². The summed E-state index contributed by atoms with van der Waals surface area (Å²) in [6, 6.07) is 11.0. The van der Waals surface area contributed by atoms with Gasteiger partial charge in [0.2, 0.25) is 5.91 Å². The van der Waals surface area contributed by atoms with Crippen LogP contribution < -0.4 is 5.32 Å². The van der Waals surface area contributed by atoms with Gasteiger partial charge in [0.1, 0.15) is 0 Å². The van der Waals surface area contributed by atoms with Crippen molar-refractivity contribution in [3.05, 3.63) is 35.9 Å². The van der Waals surface area contributed by atoms with Gasteiger partial charge < -0.3 is 10.2 Å². The summed E-state index contributed by atoms with van der Waals surface area (Å²) in [5.41, 5.74) is 1.33. The van der Waals surface area contributed by atoms with E-state index in [9.17, 15) is 4.79 Å². The molecule has 128 valence electrons. The molecule has 0 bridgehead atoms. The topological polar surface area (TPSA) is 32.3 Å². The zero-order chi connectivity index (χ0) is 15.4. The molecule has 1 amide bonds. The molecule has 2 aliphatic rings. The first-order chi connectivity index (χ1) is 10.8. The Bertz CT molecular complexity index is 483. The molecule has 1 N–H and O–H groups in total. The molecule has 2 fully saturated rings. The van der Waals surface area contributed by atoms with Crippen molar-refractivity contribution >= 4 is 18.3 Å². The summed E-state index contributed by atoms with van der Waals surface area (Å²) < 4.78 is 0. The molecule has 1 heterocycles. The molecule has 1 saturated heterocycles. The minimum absolute atomic E-state index is 0. The van der Waals surface area contributed by atoms with Gasteiger partial charge in [-0.05, 0) is 43.8 Å². The Hall–Kier alpha value is -1.06. The average molecular weight is 337 g/mol. The number of benzene rings is 1. The van der Waals surface area contributed by atoms with E-state index in [0.717, 1.165) is 26.1 Å². The van der Waals surface area contributed by atoms with Crippen LogP contribution in [0.4, 0.5) is 0 Å². The zero-order valence-corrected chi connectivity index (χ0v) is 14.9. The Morgan fingerprint density at radius 2 is 1.87 bits per heavy atom. The maximum Gasteiger partial charge on any atom is 0.226 e. The molecule has 1 atom stereocenters. The summed E-state index contributed by atoms with van der Waals surface area (Å²) >= 11 is 0. The third-order valence-corrected chi connectivity index (χ3v) is 5.44. The highest BCUT2D eigenvalue weighted by molar-refractivity contribution is 5.85. The molecule has 0 radical (unpaired) electrons. The Morgan fingerprint density at radius 3 is 2.43 bits per heavy atom. The highest BCUT2D eigenvalue weighted by Crippen LogP contribution is 2.27. The second kappa shape index (κ2) is 8.70. The van der Waals surface area contributed by atoms with Gasteiger partial charge in [0, 0.05) is 18.5 Å². The van der Waals surface area contributed by atoms with Crippen molar-refractivity contribution in [2.75, 3.05) is 19.6 Å². The second-order valence-corrected chi connectivity index (χ2v) is 6.91. The molecule has 1 aromatic rings. The van der Waals surface area contributed by atoms with Crippen LogP contribution in [0.15, 0.2) is 30.3 Å². The fraction of sp³-hybridized carbons (Fsp3) is 0.632. The number of carbonyl (C=O) groups excluding carboxylic acids is 1. The number of halogens is 1. The van der Waals surface area contributed by atoms with Crippen LogP contribution >= 0.6 is 12.4 Å². The molecular formula is C19H29ClN2O. The normalized spacial score (nSPS) is 19.7. The first-order valence-electron chi connectivity index (χ1n) is 8.81. The van der Waals surface area contributed by atoms with Crippen LogP contribution in [0.5, 0.6) is 0 Å². The van der Waals surface area contributed by atoms with E-state index >= 15 is 0 Å². The first-order valence-corrected chi connectivity index (χ1v) is 8.81. The van der Waals surface area contributed by atoms with Crippen LogP contribution in [0.25, 0.3) is 0 Å². The molecule has 3 nitrogen and oxygen atoms in total. The van der Waals surface area contributed by atoms with Gasteiger partial charge in [-0.3, -0.25) is 4.79 Å². The van der Waals surface area contributed by atoms with Crippen LogP contribution in [-0.2, 0) is 11.2 Å². The predicted octanol–water partition coefficient (Wildman–Crippen LogP) is 3.28. The minimum atomic E-state index is 0. The molecule has 1 aliphatic heterocycles. The Kier molecular flexibility index (Phi) is 6.91. The van der Waals surface area contributed by atoms with Gasteiger partial charge in [0.05, 0.1) is 0 Å². The van der Waals surface area contributed by atoms with E-state index in [4.69, 9.17) is 0 Å². The third-order valence-electron chi connectivity index (χ3n) is 5.44. The minimum Gasteiger partial charge on any atom is -0.339 e. The average Bonchev–Trinajstić information content (AvgIpc) is 3.00. The third kappa shape index (κ3) is 4.48. The van der Waals surface area contributed by atoms with E-state index in [0.29, 0.717) is 17.9 Å². The molecule has 0 aromatic heterocycles. The van der Waals surface area contributed by atoms with Crippen molar-refractivity contribution in [2.45, 2.75) is 45.1 Å². The molecular weight excluding hydrogens is 308 g/mol. The molecule has 0 spiro atoms. The fourth-order valence-electron chi connectivity index (χ4n) is 3.71. The van der Waals surface area contributed by atoms with Crippen LogP contribution in [0.1, 0.15) is 38.2 Å². The van der Waals surface area contributed by atoms with Crippen LogP contribution in [-0.4, -0.2) is 36.5 Å². The van der Waals surface area contributed by atoms with Gasteiger partial charge in [-0.25, -0.2) is 0 Å². The lowest BCUT2D eigenvalue weighted by atomic mass is 9.87. The lowest BCUT2D eigenvalue weighted by Crippen LogP contribution is -2.52. The predicted molar refractivity (Wildman–Crippen MR) is 96.9 cm³/mol. The highest BCUT2D eigenvalue weighted by atomic mass is 35.5. The molecule has 1 aliphatic carbocycles. The molecule has 1 saturated carbocycles. The van der Waals surface area contributed by atoms with Crippen molar-refractivity contribution in [3.63, 3.8) is 0 Å². The van der Waals surface area contributed by atoms with Crippen LogP contribution in [0.3, 0.4) is 0 Å². The van der Waals surface area contributed by atoms with Gasteiger partial charge in [-0.15, -0.1) is 12.4 Å². The lowest BCUT2D eigenvalue weighted by Gasteiger charge is -2.37. The molecule has 1 unspecified atom stereocenters. The smallest absolute Gasteiger partial charge is 0.226 e. The second-order valence-electron chi connectivity index (χ2n) is 6.91. The molecule has 23 heavy (non-hydrogen) atoms. The highest BCUT2D eigenvalue weighted by Gasteiger charge is 2.34. The van der Waals surface area contributed by atoms with Crippen molar-refractivity contribution < 1.29 is 4.79 Å². The van der Waals surface area contributed by atoms with Crippen LogP contribution in [0.2, 0.25) is 0 Å². The van der Waals surface area contributed by atoms with Crippen molar-refractivity contribution in [1.82, 2.24) is 10.2 Å². The number of nitrogens with one attached hydrogen (secondary N) is 1. The number of carbonyl (C=O) groups is 1. The van der Waals surface area contributed by atoms with E-state index in [-0.39, 0.29) is 18.3 Å². The summed E-state index contributed by atoms with van der Waals surface area (Å²) in [4.78, 5) is 15.2. The van der Waals surface area contributed by atoms with E-state index in [1.807, 2.05) is 0 Å². The summed E-state index contributed by atoms with van der Waals surface area (Å²) in [5, 5.41) is 3.29. The number of rotatable bonds is 6. The summed E-state index contributed by atoms with van der Waals surface area (Å²) in [7, 11) is 0. The first kappa shape index (κ1) is 18.3. The Morgan fingerprint density at radius 1 is 1.22 bits per heavy atom. The molecule has 4 heteroatoms. The summed E-state index contributed by atoms with van der Waals surface area (Å²) in [5.74, 6) is 1.08. The number of hydrogen-bond donors (Lipinski definition) is 1. The van der Waals surface area contributed by atoms with Gasteiger partial charge >= 0.3 is 0 Å². The molecule has 3 rings (SSSR count). The quantitative estimate of drug-likeness (QED) is 0.864. The van der Waals surface area contributed by atoms with Gasteiger partial charge in [0.15, 0.2) is 0 Å². The SMILES string of the molecule is CC(C(=O)N(CCc1ccccc1)C1CCCC1)C1CNC1.Cl. The standard InChI is InChI=1S/C19H28N2O.ClH/c1-15(17-13-20-14-17)19(22)21(18-9-5-6-10-18)12-11-16-7-3-2-4-8-16;/h2-4,7-8,15,17-18,20H,5-6,9-14H2,1H3;1H. The number of amides is 1. The monoisotopic (exact) mass is 336 g/mol. The number of nitrogens with zero attached hydrogens (tertiary/aromatic N) is 1. The van der Waals surface area contributed by atoms with Crippen LogP contribution in [0, 0.1) is 11.8 Å². The summed E-state index contributed by atoms with van der Waals surface area (Å²) in [6.45, 7) is 5.00. The summed E-state index contributed by atoms with van der Waals surface area (Å²) in [6.07, 6.45) is 5.91. The van der Waals surface area contributed by atoms with Crippen molar-refractivity contribution in [2.24, 2.45) is 11.8 Å². The number of hydrogen-bond acceptors (Lipinski definition) is 2. The van der Waals surface area contributed by atoms with Crippen molar-refractivity contribution in [3.8, 4) is 0 Å². The largest absolute Gasteiger partial charge is 0.339 e. The molecule has 1 aromatic carbocycles. The van der Waals surface area contributed by atoms with E-state index in [1.165, 1.54) is 31.2 Å².